The Labute approximate surface area is 103 Å². The van der Waals surface area contributed by atoms with Gasteiger partial charge in [-0.05, 0) is 26.0 Å². The van der Waals surface area contributed by atoms with Gasteiger partial charge in [-0.15, -0.1) is 6.58 Å². The number of likely N-dealkylation sites (N-methyl/N-ethyl adjacent to an activating group) is 1. The molecule has 0 aliphatic heterocycles. The first kappa shape index (κ1) is 13.3. The maximum Gasteiger partial charge on any atom is 0.255 e. The Morgan fingerprint density at radius 3 is 2.71 bits per heavy atom. The number of anilines is 1. The number of carbonyl (C=O) groups is 1. The molecule has 3 nitrogen and oxygen atoms in total. The van der Waals surface area contributed by atoms with Crippen LogP contribution in [0.5, 0.6) is 0 Å². The molecule has 0 aliphatic carbocycles. The molecule has 1 aromatic carbocycles. The van der Waals surface area contributed by atoms with Crippen molar-refractivity contribution < 1.29 is 4.79 Å². The van der Waals surface area contributed by atoms with Gasteiger partial charge in [0.05, 0.1) is 5.56 Å². The van der Waals surface area contributed by atoms with Crippen molar-refractivity contribution >= 4 is 11.6 Å². The minimum absolute atomic E-state index is 0.00801. The minimum Gasteiger partial charge on any atom is -0.382 e. The fourth-order valence-corrected chi connectivity index (χ4v) is 1.59. The largest absolute Gasteiger partial charge is 0.382 e. The molecule has 92 valence electrons. The highest BCUT2D eigenvalue weighted by molar-refractivity contribution is 5.99. The van der Waals surface area contributed by atoms with Crippen LogP contribution in [0.3, 0.4) is 0 Å². The fourth-order valence-electron chi connectivity index (χ4n) is 1.59. The molecule has 0 spiro atoms. The number of nitrogens with zero attached hydrogens (tertiary/aromatic N) is 1. The Balaban J connectivity index is 2.96. The van der Waals surface area contributed by atoms with E-state index in [1.54, 1.807) is 18.0 Å². The van der Waals surface area contributed by atoms with Crippen molar-refractivity contribution in [2.45, 2.75) is 19.9 Å². The lowest BCUT2D eigenvalue weighted by atomic mass is 10.1. The van der Waals surface area contributed by atoms with E-state index in [-0.39, 0.29) is 5.91 Å². The summed E-state index contributed by atoms with van der Waals surface area (Å²) >= 11 is 0. The fraction of sp³-hybridized carbons (Fsp3) is 0.357. The van der Waals surface area contributed by atoms with Gasteiger partial charge in [0.1, 0.15) is 0 Å². The normalized spacial score (nSPS) is 10.1. The summed E-state index contributed by atoms with van der Waals surface area (Å²) in [5, 5.41) is 3.28. The summed E-state index contributed by atoms with van der Waals surface area (Å²) in [6, 6.07) is 7.87. The molecule has 0 saturated heterocycles. The quantitative estimate of drug-likeness (QED) is 0.792. The van der Waals surface area contributed by atoms with E-state index >= 15 is 0 Å². The van der Waals surface area contributed by atoms with Crippen LogP contribution >= 0.6 is 0 Å². The average Bonchev–Trinajstić information content (AvgIpc) is 2.28. The van der Waals surface area contributed by atoms with Crippen molar-refractivity contribution in [2.75, 3.05) is 18.9 Å². The summed E-state index contributed by atoms with van der Waals surface area (Å²) in [4.78, 5) is 13.8. The molecule has 0 unspecified atom stereocenters. The zero-order chi connectivity index (χ0) is 12.8. The molecule has 0 saturated carbocycles. The van der Waals surface area contributed by atoms with Crippen molar-refractivity contribution in [3.63, 3.8) is 0 Å². The summed E-state index contributed by atoms with van der Waals surface area (Å²) < 4.78 is 0. The van der Waals surface area contributed by atoms with Gasteiger partial charge in [0.15, 0.2) is 0 Å². The van der Waals surface area contributed by atoms with Crippen molar-refractivity contribution in [1.82, 2.24) is 4.90 Å². The summed E-state index contributed by atoms with van der Waals surface area (Å²) in [5.74, 6) is 0.00801. The van der Waals surface area contributed by atoms with Crippen LogP contribution in [-0.2, 0) is 0 Å². The zero-order valence-electron chi connectivity index (χ0n) is 10.7. The molecular weight excluding hydrogens is 212 g/mol. The van der Waals surface area contributed by atoms with E-state index in [0.717, 1.165) is 5.69 Å². The van der Waals surface area contributed by atoms with Crippen LogP contribution in [0.25, 0.3) is 0 Å². The molecule has 1 N–H and O–H groups in total. The highest BCUT2D eigenvalue weighted by atomic mass is 16.2. The monoisotopic (exact) mass is 232 g/mol. The first-order valence-electron chi connectivity index (χ1n) is 5.78. The Hall–Kier alpha value is -1.77. The number of benzene rings is 1. The minimum atomic E-state index is 0.00801. The Morgan fingerprint density at radius 2 is 2.12 bits per heavy atom. The molecule has 3 heteroatoms. The lowest BCUT2D eigenvalue weighted by Gasteiger charge is -2.19. The number of hydrogen-bond donors (Lipinski definition) is 1. The second-order valence-corrected chi connectivity index (χ2v) is 4.32. The molecule has 0 fully saturated rings. The molecule has 1 amide bonds. The molecule has 0 bridgehead atoms. The van der Waals surface area contributed by atoms with E-state index in [2.05, 4.69) is 25.7 Å². The van der Waals surface area contributed by atoms with Crippen LogP contribution in [0, 0.1) is 0 Å². The highest BCUT2D eigenvalue weighted by Gasteiger charge is 2.14. The number of para-hydroxylation sites is 1. The maximum absolute atomic E-state index is 12.2. The van der Waals surface area contributed by atoms with Gasteiger partial charge >= 0.3 is 0 Å². The first-order valence-corrected chi connectivity index (χ1v) is 5.78. The lowest BCUT2D eigenvalue weighted by Crippen LogP contribution is -2.28. The van der Waals surface area contributed by atoms with Gasteiger partial charge in [-0.3, -0.25) is 4.79 Å². The Morgan fingerprint density at radius 1 is 1.47 bits per heavy atom. The Kier molecular flexibility index (Phi) is 4.76. The van der Waals surface area contributed by atoms with Crippen LogP contribution in [0.4, 0.5) is 5.69 Å². The summed E-state index contributed by atoms with van der Waals surface area (Å²) in [7, 11) is 1.77. The van der Waals surface area contributed by atoms with Crippen molar-refractivity contribution in [3.05, 3.63) is 42.5 Å². The van der Waals surface area contributed by atoms with Crippen LogP contribution in [0.15, 0.2) is 36.9 Å². The first-order chi connectivity index (χ1) is 8.06. The van der Waals surface area contributed by atoms with Gasteiger partial charge in [-0.2, -0.15) is 0 Å². The van der Waals surface area contributed by atoms with Gasteiger partial charge < -0.3 is 10.2 Å². The molecule has 0 aromatic heterocycles. The van der Waals surface area contributed by atoms with Gasteiger partial charge in [-0.1, -0.05) is 18.2 Å². The molecule has 17 heavy (non-hydrogen) atoms. The number of hydrogen-bond acceptors (Lipinski definition) is 2. The van der Waals surface area contributed by atoms with E-state index < -0.39 is 0 Å². The van der Waals surface area contributed by atoms with E-state index in [9.17, 15) is 4.79 Å². The average molecular weight is 232 g/mol. The number of rotatable bonds is 5. The van der Waals surface area contributed by atoms with Crippen molar-refractivity contribution in [2.24, 2.45) is 0 Å². The molecule has 1 aromatic rings. The topological polar surface area (TPSA) is 32.3 Å². The van der Waals surface area contributed by atoms with E-state index in [1.807, 2.05) is 24.3 Å². The Bertz CT molecular complexity index is 399. The van der Waals surface area contributed by atoms with Crippen LogP contribution in [0.2, 0.25) is 0 Å². The van der Waals surface area contributed by atoms with Crippen LogP contribution in [-0.4, -0.2) is 30.4 Å². The van der Waals surface area contributed by atoms with E-state index in [4.69, 9.17) is 0 Å². The van der Waals surface area contributed by atoms with Crippen molar-refractivity contribution in [3.8, 4) is 0 Å². The predicted octanol–water partition coefficient (Wildman–Crippen LogP) is 2.76. The third-order valence-corrected chi connectivity index (χ3v) is 2.35. The third kappa shape index (κ3) is 3.63. The van der Waals surface area contributed by atoms with Crippen LogP contribution < -0.4 is 5.32 Å². The number of carbonyl (C=O) groups excluding carboxylic acids is 1. The third-order valence-electron chi connectivity index (χ3n) is 2.35. The van der Waals surface area contributed by atoms with Gasteiger partial charge in [0.25, 0.3) is 5.91 Å². The summed E-state index contributed by atoms with van der Waals surface area (Å²) in [6.07, 6.45) is 1.72. The van der Waals surface area contributed by atoms with Gasteiger partial charge in [0.2, 0.25) is 0 Å². The standard InChI is InChI=1S/C14H20N2O/c1-5-10-16(4)14(17)12-8-6-7-9-13(12)15-11(2)3/h5-9,11,15H,1,10H2,2-4H3. The molecule has 0 atom stereocenters. The SMILES string of the molecule is C=CCN(C)C(=O)c1ccccc1NC(C)C. The molecule has 0 aliphatic rings. The molecule has 0 radical (unpaired) electrons. The molecule has 0 heterocycles. The second-order valence-electron chi connectivity index (χ2n) is 4.32. The second kappa shape index (κ2) is 6.09. The summed E-state index contributed by atoms with van der Waals surface area (Å²) in [6.45, 7) is 8.29. The van der Waals surface area contributed by atoms with Gasteiger partial charge in [0, 0.05) is 25.3 Å². The highest BCUT2D eigenvalue weighted by Crippen LogP contribution is 2.17. The van der Waals surface area contributed by atoms with Crippen LogP contribution in [0.1, 0.15) is 24.2 Å². The molecule has 1 rings (SSSR count). The predicted molar refractivity (Wildman–Crippen MR) is 72.4 cm³/mol. The van der Waals surface area contributed by atoms with E-state index in [1.165, 1.54) is 0 Å². The number of nitrogens with one attached hydrogen (secondary N) is 1. The molecular formula is C14H20N2O. The number of amides is 1. The smallest absolute Gasteiger partial charge is 0.255 e. The van der Waals surface area contributed by atoms with Crippen molar-refractivity contribution in [1.29, 1.82) is 0 Å². The zero-order valence-corrected chi connectivity index (χ0v) is 10.7. The van der Waals surface area contributed by atoms with E-state index in [0.29, 0.717) is 18.2 Å². The maximum atomic E-state index is 12.2. The lowest BCUT2D eigenvalue weighted by molar-refractivity contribution is 0.0811. The van der Waals surface area contributed by atoms with Gasteiger partial charge in [-0.25, -0.2) is 0 Å². The summed E-state index contributed by atoms with van der Waals surface area (Å²) in [5.41, 5.74) is 1.58.